The number of halogens is 2. The van der Waals surface area contributed by atoms with Gasteiger partial charge in [-0.2, -0.15) is 13.5 Å². The fourth-order valence-electron chi connectivity index (χ4n) is 1.76. The van der Waals surface area contributed by atoms with Gasteiger partial charge in [0.15, 0.2) is 0 Å². The van der Waals surface area contributed by atoms with Gasteiger partial charge in [-0.1, -0.05) is 18.2 Å². The highest BCUT2D eigenvalue weighted by Gasteiger charge is 2.11. The summed E-state index contributed by atoms with van der Waals surface area (Å²) in [4.78, 5) is 2.34. The van der Waals surface area contributed by atoms with Crippen LogP contribution in [0.2, 0.25) is 0 Å². The van der Waals surface area contributed by atoms with Crippen molar-refractivity contribution in [2.75, 3.05) is 6.61 Å². The summed E-state index contributed by atoms with van der Waals surface area (Å²) in [6.45, 7) is 2.44. The number of hydrazone groups is 1. The van der Waals surface area contributed by atoms with E-state index in [2.05, 4.69) is 41.8 Å². The molecular formula is C15H14Br2N2O3S. The highest BCUT2D eigenvalue weighted by Crippen LogP contribution is 2.34. The largest absolute Gasteiger partial charge is 0.492 e. The number of nitrogens with zero attached hydrogens (tertiary/aromatic N) is 1. The van der Waals surface area contributed by atoms with Gasteiger partial charge in [0.25, 0.3) is 10.0 Å². The molecule has 2 rings (SSSR count). The third kappa shape index (κ3) is 4.79. The molecule has 23 heavy (non-hydrogen) atoms. The van der Waals surface area contributed by atoms with Crippen molar-refractivity contribution in [3.8, 4) is 5.75 Å². The predicted octanol–water partition coefficient (Wildman–Crippen LogP) is 3.92. The van der Waals surface area contributed by atoms with E-state index in [0.29, 0.717) is 17.9 Å². The van der Waals surface area contributed by atoms with Crippen LogP contribution in [0.4, 0.5) is 0 Å². The van der Waals surface area contributed by atoms with Crippen molar-refractivity contribution < 1.29 is 13.2 Å². The molecule has 0 aliphatic carbocycles. The van der Waals surface area contributed by atoms with E-state index in [4.69, 9.17) is 4.74 Å². The summed E-state index contributed by atoms with van der Waals surface area (Å²) in [5, 5.41) is 3.80. The smallest absolute Gasteiger partial charge is 0.276 e. The summed E-state index contributed by atoms with van der Waals surface area (Å²) in [7, 11) is -3.66. The first-order valence-corrected chi connectivity index (χ1v) is 9.72. The van der Waals surface area contributed by atoms with Crippen molar-refractivity contribution in [3.63, 3.8) is 0 Å². The standard InChI is InChI=1S/C15H14Br2N2O3S/c1-2-22-15-13(16)8-11(9-14(15)17)10-18-19-23(20,21)12-6-4-3-5-7-12/h3-10,19H,2H2,1H3/b18-10+. The second-order valence-corrected chi connectivity index (χ2v) is 7.78. The lowest BCUT2D eigenvalue weighted by Gasteiger charge is -2.09. The van der Waals surface area contributed by atoms with Gasteiger partial charge in [0.2, 0.25) is 0 Å². The van der Waals surface area contributed by atoms with Crippen molar-refractivity contribution in [2.45, 2.75) is 11.8 Å². The Balaban J connectivity index is 2.15. The average molecular weight is 462 g/mol. The molecule has 0 heterocycles. The Morgan fingerprint density at radius 1 is 1.17 bits per heavy atom. The molecule has 0 saturated heterocycles. The number of hydrogen-bond donors (Lipinski definition) is 1. The summed E-state index contributed by atoms with van der Waals surface area (Å²) < 4.78 is 31.1. The molecule has 8 heteroatoms. The van der Waals surface area contributed by atoms with Crippen LogP contribution in [0, 0.1) is 0 Å². The van der Waals surface area contributed by atoms with Crippen molar-refractivity contribution in [1.29, 1.82) is 0 Å². The van der Waals surface area contributed by atoms with E-state index in [1.165, 1.54) is 18.3 Å². The van der Waals surface area contributed by atoms with Crippen LogP contribution in [-0.2, 0) is 10.0 Å². The number of sulfonamides is 1. The van der Waals surface area contributed by atoms with Crippen molar-refractivity contribution >= 4 is 48.1 Å². The Hall–Kier alpha value is -1.38. The van der Waals surface area contributed by atoms with Gasteiger partial charge in [-0.25, -0.2) is 4.83 Å². The lowest BCUT2D eigenvalue weighted by molar-refractivity contribution is 0.336. The molecule has 0 spiro atoms. The molecule has 0 fully saturated rings. The monoisotopic (exact) mass is 460 g/mol. The maximum Gasteiger partial charge on any atom is 0.276 e. The van der Waals surface area contributed by atoms with Crippen LogP contribution < -0.4 is 9.57 Å². The van der Waals surface area contributed by atoms with E-state index >= 15 is 0 Å². The lowest BCUT2D eigenvalue weighted by Crippen LogP contribution is -2.18. The normalized spacial score (nSPS) is 11.6. The van der Waals surface area contributed by atoms with Crippen LogP contribution in [0.5, 0.6) is 5.75 Å². The first kappa shape index (κ1) is 18.0. The van der Waals surface area contributed by atoms with Crippen LogP contribution in [0.25, 0.3) is 0 Å². The van der Waals surface area contributed by atoms with Gasteiger partial charge >= 0.3 is 0 Å². The summed E-state index contributed by atoms with van der Waals surface area (Å²) in [6, 6.07) is 11.6. The highest BCUT2D eigenvalue weighted by molar-refractivity contribution is 9.11. The Morgan fingerprint density at radius 3 is 2.35 bits per heavy atom. The lowest BCUT2D eigenvalue weighted by atomic mass is 10.2. The molecule has 0 aromatic heterocycles. The van der Waals surface area contributed by atoms with Gasteiger partial charge in [-0.05, 0) is 68.6 Å². The van der Waals surface area contributed by atoms with Crippen molar-refractivity contribution in [1.82, 2.24) is 4.83 Å². The van der Waals surface area contributed by atoms with E-state index in [1.54, 1.807) is 30.3 Å². The topological polar surface area (TPSA) is 67.8 Å². The zero-order chi connectivity index (χ0) is 16.9. The van der Waals surface area contributed by atoms with Crippen LogP contribution in [0.3, 0.4) is 0 Å². The minimum Gasteiger partial charge on any atom is -0.492 e. The molecule has 2 aromatic carbocycles. The van der Waals surface area contributed by atoms with Crippen LogP contribution in [0.15, 0.2) is 61.4 Å². The number of hydrogen-bond acceptors (Lipinski definition) is 4. The molecule has 0 aliphatic rings. The van der Waals surface area contributed by atoms with Gasteiger partial charge in [-0.3, -0.25) is 0 Å². The fourth-order valence-corrected chi connectivity index (χ4v) is 4.02. The third-order valence-corrected chi connectivity index (χ3v) is 5.17. The Morgan fingerprint density at radius 2 is 1.78 bits per heavy atom. The van der Waals surface area contributed by atoms with E-state index in [1.807, 2.05) is 6.92 Å². The van der Waals surface area contributed by atoms with Gasteiger partial charge in [-0.15, -0.1) is 0 Å². The Labute approximate surface area is 152 Å². The van der Waals surface area contributed by atoms with Crippen LogP contribution in [0.1, 0.15) is 12.5 Å². The fraction of sp³-hybridized carbons (Fsp3) is 0.133. The zero-order valence-electron chi connectivity index (χ0n) is 12.2. The van der Waals surface area contributed by atoms with E-state index in [-0.39, 0.29) is 4.90 Å². The van der Waals surface area contributed by atoms with Crippen LogP contribution >= 0.6 is 31.9 Å². The first-order valence-electron chi connectivity index (χ1n) is 6.66. The second-order valence-electron chi connectivity index (χ2n) is 4.41. The molecule has 0 saturated carbocycles. The van der Waals surface area contributed by atoms with Crippen molar-refractivity contribution in [3.05, 3.63) is 57.0 Å². The van der Waals surface area contributed by atoms with E-state index in [0.717, 1.165) is 8.95 Å². The highest BCUT2D eigenvalue weighted by atomic mass is 79.9. The van der Waals surface area contributed by atoms with Gasteiger partial charge < -0.3 is 4.74 Å². The number of nitrogens with one attached hydrogen (secondary N) is 1. The summed E-state index contributed by atoms with van der Waals surface area (Å²) in [5.74, 6) is 0.689. The SMILES string of the molecule is CCOc1c(Br)cc(/C=N/NS(=O)(=O)c2ccccc2)cc1Br. The molecule has 0 aliphatic heterocycles. The molecular weight excluding hydrogens is 448 g/mol. The molecule has 1 N–H and O–H groups in total. The second kappa shape index (κ2) is 7.94. The number of benzene rings is 2. The summed E-state index contributed by atoms with van der Waals surface area (Å²) >= 11 is 6.82. The quantitative estimate of drug-likeness (QED) is 0.523. The third-order valence-electron chi connectivity index (χ3n) is 2.75. The average Bonchev–Trinajstić information content (AvgIpc) is 2.52. The molecule has 0 radical (unpaired) electrons. The maximum absolute atomic E-state index is 12.0. The Bertz CT molecular complexity index is 786. The minimum atomic E-state index is -3.66. The molecule has 0 bridgehead atoms. The zero-order valence-corrected chi connectivity index (χ0v) is 16.2. The van der Waals surface area contributed by atoms with Crippen LogP contribution in [-0.4, -0.2) is 21.2 Å². The summed E-state index contributed by atoms with van der Waals surface area (Å²) in [5.41, 5.74) is 0.711. The number of ether oxygens (including phenoxy) is 1. The minimum absolute atomic E-state index is 0.159. The molecule has 0 amide bonds. The first-order chi connectivity index (χ1) is 10.9. The van der Waals surface area contributed by atoms with Gasteiger partial charge in [0.05, 0.1) is 26.7 Å². The van der Waals surface area contributed by atoms with Crippen molar-refractivity contribution in [2.24, 2.45) is 5.10 Å². The number of rotatable bonds is 6. The molecule has 5 nitrogen and oxygen atoms in total. The molecule has 122 valence electrons. The molecule has 0 unspecified atom stereocenters. The Kier molecular flexibility index (Phi) is 6.20. The maximum atomic E-state index is 12.0. The van der Waals surface area contributed by atoms with E-state index < -0.39 is 10.0 Å². The molecule has 0 atom stereocenters. The predicted molar refractivity (Wildman–Crippen MR) is 97.4 cm³/mol. The molecule has 2 aromatic rings. The van der Waals surface area contributed by atoms with Gasteiger partial charge in [0, 0.05) is 0 Å². The van der Waals surface area contributed by atoms with Gasteiger partial charge in [0.1, 0.15) is 5.75 Å². The summed E-state index contributed by atoms with van der Waals surface area (Å²) in [6.07, 6.45) is 1.42. The van der Waals surface area contributed by atoms with E-state index in [9.17, 15) is 8.42 Å².